The van der Waals surface area contributed by atoms with Crippen LogP contribution >= 0.6 is 0 Å². The van der Waals surface area contributed by atoms with Gasteiger partial charge in [-0.1, -0.05) is 127 Å². The average Bonchev–Trinajstić information content (AvgIpc) is 3.47. The Labute approximate surface area is 249 Å². The summed E-state index contributed by atoms with van der Waals surface area (Å²) in [7, 11) is 0. The van der Waals surface area contributed by atoms with Gasteiger partial charge < -0.3 is 4.42 Å². The summed E-state index contributed by atoms with van der Waals surface area (Å²) in [6, 6.07) is 51.6. The van der Waals surface area contributed by atoms with E-state index < -0.39 is 0 Å². The molecule has 0 spiro atoms. The molecule has 0 saturated heterocycles. The van der Waals surface area contributed by atoms with Gasteiger partial charge in [-0.25, -0.2) is 15.0 Å². The molecule has 4 heteroatoms. The number of rotatable bonds is 5. The highest BCUT2D eigenvalue weighted by Crippen LogP contribution is 2.38. The quantitative estimate of drug-likeness (QED) is 0.214. The van der Waals surface area contributed by atoms with Crippen molar-refractivity contribution in [2.45, 2.75) is 0 Å². The molecule has 0 saturated carbocycles. The van der Waals surface area contributed by atoms with Crippen LogP contribution < -0.4 is 0 Å². The van der Waals surface area contributed by atoms with Crippen LogP contribution in [-0.2, 0) is 0 Å². The zero-order valence-corrected chi connectivity index (χ0v) is 23.2. The van der Waals surface area contributed by atoms with Crippen LogP contribution in [0.2, 0.25) is 0 Å². The van der Waals surface area contributed by atoms with E-state index in [0.29, 0.717) is 17.5 Å². The minimum Gasteiger partial charge on any atom is -0.456 e. The maximum Gasteiger partial charge on any atom is 0.164 e. The third-order valence-electron chi connectivity index (χ3n) is 7.74. The molecule has 6 aromatic carbocycles. The molecule has 0 radical (unpaired) electrons. The number of hydrogen-bond donors (Lipinski definition) is 0. The number of benzene rings is 6. The lowest BCUT2D eigenvalue weighted by Crippen LogP contribution is -2.00. The molecule has 0 N–H and O–H groups in total. The van der Waals surface area contributed by atoms with E-state index in [1.807, 2.05) is 84.9 Å². The van der Waals surface area contributed by atoms with Crippen molar-refractivity contribution < 1.29 is 4.42 Å². The van der Waals surface area contributed by atoms with Crippen LogP contribution in [0.3, 0.4) is 0 Å². The SMILES string of the molecule is c1ccc(-c2cccc(-c3nc(-c4ccccc4)nc(-c4ccc5c(c4)oc4cccc(-c6ccccc6)c45)n3)c2)cc1. The second-order valence-electron chi connectivity index (χ2n) is 10.5. The predicted molar refractivity (Wildman–Crippen MR) is 174 cm³/mol. The summed E-state index contributed by atoms with van der Waals surface area (Å²) in [6.07, 6.45) is 0. The molecule has 0 bridgehead atoms. The summed E-state index contributed by atoms with van der Waals surface area (Å²) in [6.45, 7) is 0. The number of furan rings is 1. The third-order valence-corrected chi connectivity index (χ3v) is 7.74. The highest BCUT2D eigenvalue weighted by molar-refractivity contribution is 6.12. The standard InChI is InChI=1S/C39H25N3O/c1-4-12-26(13-5-1)29-18-10-19-30(24-29)38-40-37(28-16-8-3-9-17-28)41-39(42-38)31-22-23-33-35(25-31)43-34-21-11-20-32(36(33)34)27-14-6-2-7-15-27/h1-25H. The van der Waals surface area contributed by atoms with Crippen molar-refractivity contribution in [2.24, 2.45) is 0 Å². The normalized spacial score (nSPS) is 11.3. The van der Waals surface area contributed by atoms with Crippen LogP contribution in [0.1, 0.15) is 0 Å². The summed E-state index contributed by atoms with van der Waals surface area (Å²) in [5, 5.41) is 2.17. The second kappa shape index (κ2) is 10.5. The largest absolute Gasteiger partial charge is 0.456 e. The Morgan fingerprint density at radius 3 is 1.58 bits per heavy atom. The van der Waals surface area contributed by atoms with Crippen LogP contribution in [0.25, 0.3) is 78.4 Å². The lowest BCUT2D eigenvalue weighted by Gasteiger charge is -2.10. The minimum atomic E-state index is 0.597. The van der Waals surface area contributed by atoms with E-state index in [-0.39, 0.29) is 0 Å². The van der Waals surface area contributed by atoms with Gasteiger partial charge in [0.2, 0.25) is 0 Å². The first-order valence-corrected chi connectivity index (χ1v) is 14.3. The Hall–Kier alpha value is -5.87. The van der Waals surface area contributed by atoms with Gasteiger partial charge in [-0.3, -0.25) is 0 Å². The monoisotopic (exact) mass is 551 g/mol. The first-order valence-electron chi connectivity index (χ1n) is 14.3. The molecule has 0 atom stereocenters. The number of hydrogen-bond acceptors (Lipinski definition) is 4. The molecule has 2 aromatic heterocycles. The minimum absolute atomic E-state index is 0.597. The van der Waals surface area contributed by atoms with Gasteiger partial charge in [-0.2, -0.15) is 0 Å². The van der Waals surface area contributed by atoms with Gasteiger partial charge in [0, 0.05) is 27.5 Å². The number of aromatic nitrogens is 3. The van der Waals surface area contributed by atoms with Gasteiger partial charge >= 0.3 is 0 Å². The lowest BCUT2D eigenvalue weighted by molar-refractivity contribution is 0.669. The zero-order chi connectivity index (χ0) is 28.6. The molecule has 8 aromatic rings. The fourth-order valence-corrected chi connectivity index (χ4v) is 5.64. The van der Waals surface area contributed by atoms with Gasteiger partial charge in [0.05, 0.1) is 0 Å². The Morgan fingerprint density at radius 2 is 0.884 bits per heavy atom. The van der Waals surface area contributed by atoms with Crippen molar-refractivity contribution in [1.82, 2.24) is 15.0 Å². The molecule has 0 aliphatic heterocycles. The highest BCUT2D eigenvalue weighted by Gasteiger charge is 2.16. The fourth-order valence-electron chi connectivity index (χ4n) is 5.64. The van der Waals surface area contributed by atoms with Gasteiger partial charge in [-0.15, -0.1) is 0 Å². The smallest absolute Gasteiger partial charge is 0.164 e. The van der Waals surface area contributed by atoms with Crippen LogP contribution in [0, 0.1) is 0 Å². The maximum absolute atomic E-state index is 6.40. The molecule has 0 fully saturated rings. The highest BCUT2D eigenvalue weighted by atomic mass is 16.3. The Balaban J connectivity index is 1.29. The van der Waals surface area contributed by atoms with E-state index in [9.17, 15) is 0 Å². The van der Waals surface area contributed by atoms with Crippen molar-refractivity contribution in [2.75, 3.05) is 0 Å². The van der Waals surface area contributed by atoms with Gasteiger partial charge in [0.25, 0.3) is 0 Å². The van der Waals surface area contributed by atoms with Crippen molar-refractivity contribution in [3.05, 3.63) is 152 Å². The van der Waals surface area contributed by atoms with Crippen molar-refractivity contribution in [3.63, 3.8) is 0 Å². The topological polar surface area (TPSA) is 51.8 Å². The summed E-state index contributed by atoms with van der Waals surface area (Å²) in [5.74, 6) is 1.85. The van der Waals surface area contributed by atoms with Gasteiger partial charge in [-0.05, 0) is 46.5 Å². The Morgan fingerprint density at radius 1 is 0.349 bits per heavy atom. The summed E-state index contributed by atoms with van der Waals surface area (Å²) in [4.78, 5) is 14.9. The van der Waals surface area contributed by atoms with E-state index >= 15 is 0 Å². The molecule has 0 aliphatic carbocycles. The summed E-state index contributed by atoms with van der Waals surface area (Å²) in [5.41, 5.74) is 8.95. The summed E-state index contributed by atoms with van der Waals surface area (Å²) >= 11 is 0. The van der Waals surface area contributed by atoms with E-state index in [1.54, 1.807) is 0 Å². The number of fused-ring (bicyclic) bond motifs is 3. The molecule has 4 nitrogen and oxygen atoms in total. The maximum atomic E-state index is 6.40. The second-order valence-corrected chi connectivity index (χ2v) is 10.5. The van der Waals surface area contributed by atoms with E-state index in [4.69, 9.17) is 19.4 Å². The van der Waals surface area contributed by atoms with Crippen LogP contribution in [0.4, 0.5) is 0 Å². The molecule has 202 valence electrons. The van der Waals surface area contributed by atoms with Crippen LogP contribution in [0.15, 0.2) is 156 Å². The molecular formula is C39H25N3O. The molecular weight excluding hydrogens is 526 g/mol. The van der Waals surface area contributed by atoms with E-state index in [0.717, 1.165) is 60.9 Å². The molecule has 0 aliphatic rings. The van der Waals surface area contributed by atoms with Crippen LogP contribution in [-0.4, -0.2) is 15.0 Å². The first-order chi connectivity index (χ1) is 21.3. The Bertz CT molecular complexity index is 2220. The summed E-state index contributed by atoms with van der Waals surface area (Å²) < 4.78 is 6.40. The first kappa shape index (κ1) is 24.9. The van der Waals surface area contributed by atoms with Gasteiger partial charge in [0.1, 0.15) is 11.2 Å². The molecule has 0 unspecified atom stereocenters. The molecule has 2 heterocycles. The molecule has 8 rings (SSSR count). The van der Waals surface area contributed by atoms with E-state index in [1.165, 1.54) is 0 Å². The van der Waals surface area contributed by atoms with E-state index in [2.05, 4.69) is 66.7 Å². The third kappa shape index (κ3) is 4.65. The predicted octanol–water partition coefficient (Wildman–Crippen LogP) is 10.1. The van der Waals surface area contributed by atoms with Crippen molar-refractivity contribution in [1.29, 1.82) is 0 Å². The Kier molecular flexibility index (Phi) is 6.08. The number of nitrogens with zero attached hydrogens (tertiary/aromatic N) is 3. The average molecular weight is 552 g/mol. The van der Waals surface area contributed by atoms with Crippen molar-refractivity contribution in [3.8, 4) is 56.4 Å². The molecule has 43 heavy (non-hydrogen) atoms. The lowest BCUT2D eigenvalue weighted by atomic mass is 9.99. The zero-order valence-electron chi connectivity index (χ0n) is 23.2. The molecule has 0 amide bonds. The fraction of sp³-hybridized carbons (Fsp3) is 0. The van der Waals surface area contributed by atoms with Crippen LogP contribution in [0.5, 0.6) is 0 Å². The van der Waals surface area contributed by atoms with Gasteiger partial charge in [0.15, 0.2) is 17.5 Å². The van der Waals surface area contributed by atoms with Crippen molar-refractivity contribution >= 4 is 21.9 Å².